The number of nitro benzene ring substituents is 1. The predicted octanol–water partition coefficient (Wildman–Crippen LogP) is 3.98. The van der Waals surface area contributed by atoms with E-state index in [1.165, 1.54) is 18.2 Å². The fraction of sp³-hybridized carbons (Fsp3) is 0.0714. The zero-order chi connectivity index (χ0) is 15.4. The summed E-state index contributed by atoms with van der Waals surface area (Å²) in [7, 11) is 0. The van der Waals surface area contributed by atoms with Gasteiger partial charge in [0.1, 0.15) is 17.4 Å². The van der Waals surface area contributed by atoms with E-state index in [9.17, 15) is 14.5 Å². The minimum absolute atomic E-state index is 0.0146. The lowest BCUT2D eigenvalue weighted by atomic mass is 10.1. The summed E-state index contributed by atoms with van der Waals surface area (Å²) in [5.74, 6) is -0.367. The van der Waals surface area contributed by atoms with Crippen LogP contribution >= 0.6 is 15.9 Å². The normalized spacial score (nSPS) is 9.95. The quantitative estimate of drug-likeness (QED) is 0.668. The van der Waals surface area contributed by atoms with E-state index in [4.69, 9.17) is 5.26 Å². The van der Waals surface area contributed by atoms with E-state index >= 15 is 0 Å². The summed E-state index contributed by atoms with van der Waals surface area (Å²) in [4.78, 5) is 10.2. The largest absolute Gasteiger partial charge is 0.381 e. The molecule has 0 spiro atoms. The van der Waals surface area contributed by atoms with Crippen molar-refractivity contribution in [1.82, 2.24) is 0 Å². The maximum Gasteiger partial charge on any atom is 0.289 e. The van der Waals surface area contributed by atoms with E-state index in [0.717, 1.165) is 4.47 Å². The Morgan fingerprint density at radius 3 is 2.76 bits per heavy atom. The van der Waals surface area contributed by atoms with Gasteiger partial charge in [-0.1, -0.05) is 15.9 Å². The number of anilines is 1. The van der Waals surface area contributed by atoms with Gasteiger partial charge >= 0.3 is 0 Å². The molecule has 0 aliphatic carbocycles. The average Bonchev–Trinajstić information content (AvgIpc) is 2.47. The first kappa shape index (κ1) is 14.9. The van der Waals surface area contributed by atoms with Crippen molar-refractivity contribution in [1.29, 1.82) is 5.26 Å². The van der Waals surface area contributed by atoms with Crippen LogP contribution in [0.1, 0.15) is 11.1 Å². The van der Waals surface area contributed by atoms with Crippen LogP contribution in [0.4, 0.5) is 15.8 Å². The molecule has 0 heterocycles. The Balaban J connectivity index is 2.21. The summed E-state index contributed by atoms with van der Waals surface area (Å²) in [6.07, 6.45) is 0. The third-order valence-corrected chi connectivity index (χ3v) is 3.30. The van der Waals surface area contributed by atoms with Crippen molar-refractivity contribution < 1.29 is 9.31 Å². The molecule has 106 valence electrons. The van der Waals surface area contributed by atoms with Crippen molar-refractivity contribution in [3.8, 4) is 6.07 Å². The Hall–Kier alpha value is -2.46. The molecule has 0 aliphatic heterocycles. The van der Waals surface area contributed by atoms with Gasteiger partial charge in [0.05, 0.1) is 4.92 Å². The summed E-state index contributed by atoms with van der Waals surface area (Å²) in [6.45, 7) is 0.175. The summed E-state index contributed by atoms with van der Waals surface area (Å²) in [5.41, 5.74) is 0.577. The molecular formula is C14H9BrFN3O2. The molecule has 0 aliphatic rings. The van der Waals surface area contributed by atoms with Gasteiger partial charge in [0.2, 0.25) is 0 Å². The van der Waals surface area contributed by atoms with Crippen molar-refractivity contribution in [3.05, 3.63) is 67.9 Å². The van der Waals surface area contributed by atoms with Crippen molar-refractivity contribution in [3.63, 3.8) is 0 Å². The molecule has 0 radical (unpaired) electrons. The third kappa shape index (κ3) is 3.55. The van der Waals surface area contributed by atoms with Crippen LogP contribution < -0.4 is 5.32 Å². The van der Waals surface area contributed by atoms with Crippen LogP contribution in [0.3, 0.4) is 0 Å². The van der Waals surface area contributed by atoms with Gasteiger partial charge < -0.3 is 5.32 Å². The maximum absolute atomic E-state index is 13.6. The second kappa shape index (κ2) is 6.33. The Morgan fingerprint density at radius 2 is 2.10 bits per heavy atom. The molecule has 1 N–H and O–H groups in total. The molecule has 0 saturated heterocycles. The minimum Gasteiger partial charge on any atom is -0.381 e. The van der Waals surface area contributed by atoms with E-state index in [1.54, 1.807) is 24.3 Å². The van der Waals surface area contributed by atoms with E-state index < -0.39 is 4.92 Å². The Bertz CT molecular complexity index is 743. The van der Waals surface area contributed by atoms with Gasteiger partial charge in [-0.25, -0.2) is 4.39 Å². The number of hydrogen-bond donors (Lipinski definition) is 1. The monoisotopic (exact) mass is 349 g/mol. The van der Waals surface area contributed by atoms with Crippen molar-refractivity contribution in [2.24, 2.45) is 0 Å². The highest BCUT2D eigenvalue weighted by Crippen LogP contribution is 2.23. The first-order valence-electron chi connectivity index (χ1n) is 5.87. The molecule has 0 aromatic heterocycles. The molecule has 2 aromatic carbocycles. The van der Waals surface area contributed by atoms with Crippen LogP contribution in [0, 0.1) is 27.3 Å². The Morgan fingerprint density at radius 1 is 1.33 bits per heavy atom. The van der Waals surface area contributed by atoms with Crippen LogP contribution in [0.2, 0.25) is 0 Å². The second-order valence-corrected chi connectivity index (χ2v) is 5.11. The molecule has 0 fully saturated rings. The van der Waals surface area contributed by atoms with Gasteiger partial charge in [-0.2, -0.15) is 5.26 Å². The molecule has 0 amide bonds. The van der Waals surface area contributed by atoms with Crippen LogP contribution in [0.5, 0.6) is 0 Å². The third-order valence-electron chi connectivity index (χ3n) is 2.81. The standard InChI is InChI=1S/C14H9BrFN3O2/c15-11-2-4-13(16)10(5-11)8-18-12-3-1-9(7-17)14(6-12)19(20)21/h1-6,18H,8H2. The number of nitro groups is 1. The summed E-state index contributed by atoms with van der Waals surface area (Å²) in [6, 6.07) is 10.5. The minimum atomic E-state index is -0.622. The van der Waals surface area contributed by atoms with Gasteiger partial charge in [0.25, 0.3) is 5.69 Å². The molecule has 0 atom stereocenters. The average molecular weight is 350 g/mol. The van der Waals surface area contributed by atoms with Crippen LogP contribution in [-0.4, -0.2) is 4.92 Å². The first-order chi connectivity index (χ1) is 10.0. The van der Waals surface area contributed by atoms with Crippen molar-refractivity contribution >= 4 is 27.3 Å². The summed E-state index contributed by atoms with van der Waals surface area (Å²) < 4.78 is 14.3. The summed E-state index contributed by atoms with van der Waals surface area (Å²) >= 11 is 3.25. The van der Waals surface area contributed by atoms with Gasteiger partial charge in [0, 0.05) is 28.3 Å². The van der Waals surface area contributed by atoms with Crippen LogP contribution in [0.15, 0.2) is 40.9 Å². The number of hydrogen-bond acceptors (Lipinski definition) is 4. The Labute approximate surface area is 128 Å². The molecular weight excluding hydrogens is 341 g/mol. The maximum atomic E-state index is 13.6. The number of rotatable bonds is 4. The van der Waals surface area contributed by atoms with E-state index in [1.807, 2.05) is 0 Å². The van der Waals surface area contributed by atoms with Gasteiger partial charge in [-0.3, -0.25) is 10.1 Å². The lowest BCUT2D eigenvalue weighted by Crippen LogP contribution is -2.03. The smallest absolute Gasteiger partial charge is 0.289 e. The molecule has 0 unspecified atom stereocenters. The second-order valence-electron chi connectivity index (χ2n) is 4.19. The summed E-state index contributed by atoms with van der Waals surface area (Å²) in [5, 5.41) is 22.6. The van der Waals surface area contributed by atoms with Crippen LogP contribution in [-0.2, 0) is 6.54 Å². The van der Waals surface area contributed by atoms with Gasteiger partial charge in [0.15, 0.2) is 0 Å². The number of nitrogens with one attached hydrogen (secondary N) is 1. The van der Waals surface area contributed by atoms with Crippen molar-refractivity contribution in [2.75, 3.05) is 5.32 Å². The molecule has 7 heteroatoms. The zero-order valence-electron chi connectivity index (χ0n) is 10.6. The highest BCUT2D eigenvalue weighted by atomic mass is 79.9. The number of halogens is 2. The van der Waals surface area contributed by atoms with Crippen LogP contribution in [0.25, 0.3) is 0 Å². The number of benzene rings is 2. The molecule has 5 nitrogen and oxygen atoms in total. The molecule has 21 heavy (non-hydrogen) atoms. The number of nitriles is 1. The Kier molecular flexibility index (Phi) is 4.50. The molecule has 0 saturated carbocycles. The lowest BCUT2D eigenvalue weighted by Gasteiger charge is -2.08. The SMILES string of the molecule is N#Cc1ccc(NCc2cc(Br)ccc2F)cc1[N+](=O)[O-]. The number of nitrogens with zero attached hydrogens (tertiary/aromatic N) is 2. The molecule has 2 rings (SSSR count). The molecule has 0 bridgehead atoms. The zero-order valence-corrected chi connectivity index (χ0v) is 12.2. The van der Waals surface area contributed by atoms with E-state index in [2.05, 4.69) is 21.2 Å². The van der Waals surface area contributed by atoms with Crippen molar-refractivity contribution in [2.45, 2.75) is 6.54 Å². The lowest BCUT2D eigenvalue weighted by molar-refractivity contribution is -0.385. The first-order valence-corrected chi connectivity index (χ1v) is 6.67. The van der Waals surface area contributed by atoms with E-state index in [0.29, 0.717) is 11.3 Å². The molecule has 2 aromatic rings. The van der Waals surface area contributed by atoms with E-state index in [-0.39, 0.29) is 23.6 Å². The highest BCUT2D eigenvalue weighted by Gasteiger charge is 2.14. The van der Waals surface area contributed by atoms with Gasteiger partial charge in [-0.15, -0.1) is 0 Å². The predicted molar refractivity (Wildman–Crippen MR) is 79.2 cm³/mol. The highest BCUT2D eigenvalue weighted by molar-refractivity contribution is 9.10. The fourth-order valence-electron chi connectivity index (χ4n) is 1.76. The fourth-order valence-corrected chi connectivity index (χ4v) is 2.17. The van der Waals surface area contributed by atoms with Gasteiger partial charge in [-0.05, 0) is 30.3 Å². The topological polar surface area (TPSA) is 79.0 Å².